The number of piperazine rings is 1. The van der Waals surface area contributed by atoms with E-state index >= 15 is 0 Å². The van der Waals surface area contributed by atoms with Crippen LogP contribution < -0.4 is 20.7 Å². The number of anilines is 3. The Kier molecular flexibility index (Phi) is 6.99. The van der Waals surface area contributed by atoms with Crippen molar-refractivity contribution < 1.29 is 9.53 Å². The van der Waals surface area contributed by atoms with Gasteiger partial charge in [0.2, 0.25) is 5.95 Å². The molecule has 10 nitrogen and oxygen atoms in total. The first-order valence-corrected chi connectivity index (χ1v) is 11.6. The fraction of sp³-hybridized carbons (Fsp3) is 0.400. The first-order chi connectivity index (χ1) is 16.7. The van der Waals surface area contributed by atoms with Crippen molar-refractivity contribution >= 4 is 23.6 Å². The lowest BCUT2D eigenvalue weighted by Gasteiger charge is -2.35. The number of nitrogens with two attached hydrogens (primary N) is 1. The van der Waals surface area contributed by atoms with Crippen LogP contribution >= 0.6 is 0 Å². The Morgan fingerprint density at radius 2 is 1.86 bits per heavy atom. The summed E-state index contributed by atoms with van der Waals surface area (Å²) < 4.78 is 5.98. The van der Waals surface area contributed by atoms with Gasteiger partial charge in [-0.3, -0.25) is 5.32 Å². The number of nitrogens with one attached hydrogen (secondary N) is 1. The predicted octanol–water partition coefficient (Wildman–Crippen LogP) is 3.39. The van der Waals surface area contributed by atoms with Gasteiger partial charge in [0.15, 0.2) is 11.6 Å². The van der Waals surface area contributed by atoms with Crippen LogP contribution in [0, 0.1) is 6.92 Å². The summed E-state index contributed by atoms with van der Waals surface area (Å²) in [6.07, 6.45) is 3.34. The van der Waals surface area contributed by atoms with E-state index in [4.69, 9.17) is 10.5 Å². The van der Waals surface area contributed by atoms with Gasteiger partial charge in [-0.25, -0.2) is 24.7 Å². The van der Waals surface area contributed by atoms with Gasteiger partial charge in [-0.2, -0.15) is 0 Å². The van der Waals surface area contributed by atoms with Crippen LogP contribution in [0.4, 0.5) is 22.4 Å². The summed E-state index contributed by atoms with van der Waals surface area (Å²) in [6.45, 7) is 11.0. The highest BCUT2D eigenvalue weighted by Gasteiger charge is 2.25. The summed E-state index contributed by atoms with van der Waals surface area (Å²) in [7, 11) is 0. The third-order valence-electron chi connectivity index (χ3n) is 5.78. The standard InChI is InChI=1S/C25H32N8O2/c1-17-14-18(25(2,3)4)15-21(29-17)31-24(34)33-12-10-32(11-13-33)22-20(6-5-8-27-22)35-16-19-7-9-28-23(26)30-19/h5-9,14-15H,10-13,16H2,1-4H3,(H2,26,28,30)(H,29,31,34). The highest BCUT2D eigenvalue weighted by Crippen LogP contribution is 2.28. The average Bonchev–Trinajstić information content (AvgIpc) is 2.82. The van der Waals surface area contributed by atoms with Gasteiger partial charge in [-0.15, -0.1) is 0 Å². The quantitative estimate of drug-likeness (QED) is 0.575. The third kappa shape index (κ3) is 6.14. The van der Waals surface area contributed by atoms with E-state index in [0.29, 0.717) is 43.4 Å². The van der Waals surface area contributed by atoms with Gasteiger partial charge in [0.05, 0.1) is 5.69 Å². The van der Waals surface area contributed by atoms with Crippen molar-refractivity contribution in [2.24, 2.45) is 0 Å². The van der Waals surface area contributed by atoms with Crippen LogP contribution in [0.2, 0.25) is 0 Å². The summed E-state index contributed by atoms with van der Waals surface area (Å²) in [6, 6.07) is 9.32. The molecule has 1 aliphatic heterocycles. The molecule has 1 saturated heterocycles. The SMILES string of the molecule is Cc1cc(C(C)(C)C)cc(NC(=O)N2CCN(c3ncccc3OCc3ccnc(N)n3)CC2)n1. The molecule has 0 radical (unpaired) electrons. The summed E-state index contributed by atoms with van der Waals surface area (Å²) in [5.74, 6) is 2.18. The Balaban J connectivity index is 1.37. The van der Waals surface area contributed by atoms with Gasteiger partial charge < -0.3 is 20.3 Å². The maximum atomic E-state index is 12.9. The number of hydrogen-bond acceptors (Lipinski definition) is 8. The normalized spacial score (nSPS) is 14.1. The Morgan fingerprint density at radius 1 is 1.09 bits per heavy atom. The van der Waals surface area contributed by atoms with E-state index < -0.39 is 0 Å². The van der Waals surface area contributed by atoms with Crippen molar-refractivity contribution in [1.29, 1.82) is 0 Å². The molecule has 0 bridgehead atoms. The lowest BCUT2D eigenvalue weighted by Crippen LogP contribution is -2.50. The van der Waals surface area contributed by atoms with E-state index in [-0.39, 0.29) is 24.0 Å². The Morgan fingerprint density at radius 3 is 2.57 bits per heavy atom. The van der Waals surface area contributed by atoms with Crippen LogP contribution in [0.5, 0.6) is 5.75 Å². The molecule has 1 aliphatic rings. The number of ether oxygens (including phenoxy) is 1. The predicted molar refractivity (Wildman–Crippen MR) is 135 cm³/mol. The number of aryl methyl sites for hydroxylation is 1. The zero-order chi connectivity index (χ0) is 25.0. The second-order valence-electron chi connectivity index (χ2n) is 9.56. The molecule has 184 valence electrons. The lowest BCUT2D eigenvalue weighted by molar-refractivity contribution is 0.207. The maximum Gasteiger partial charge on any atom is 0.323 e. The van der Waals surface area contributed by atoms with Crippen molar-refractivity contribution in [1.82, 2.24) is 24.8 Å². The molecule has 0 unspecified atom stereocenters. The Labute approximate surface area is 205 Å². The molecule has 0 spiro atoms. The summed E-state index contributed by atoms with van der Waals surface area (Å²) in [5.41, 5.74) is 8.33. The highest BCUT2D eigenvalue weighted by atomic mass is 16.5. The number of pyridine rings is 2. The molecule has 0 saturated carbocycles. The number of nitrogens with zero attached hydrogens (tertiary/aromatic N) is 6. The number of urea groups is 1. The van der Waals surface area contributed by atoms with E-state index in [1.165, 1.54) is 0 Å². The van der Waals surface area contributed by atoms with Crippen LogP contribution in [0.3, 0.4) is 0 Å². The fourth-order valence-electron chi connectivity index (χ4n) is 3.85. The van der Waals surface area contributed by atoms with Crippen LogP contribution in [0.25, 0.3) is 0 Å². The number of amides is 2. The van der Waals surface area contributed by atoms with Gasteiger partial charge in [0.25, 0.3) is 0 Å². The number of hydrogen-bond donors (Lipinski definition) is 2. The molecular formula is C25H32N8O2. The zero-order valence-corrected chi connectivity index (χ0v) is 20.7. The van der Waals surface area contributed by atoms with E-state index in [0.717, 1.165) is 17.1 Å². The smallest absolute Gasteiger partial charge is 0.323 e. The first-order valence-electron chi connectivity index (χ1n) is 11.6. The lowest BCUT2D eigenvalue weighted by atomic mass is 9.87. The van der Waals surface area contributed by atoms with Crippen molar-refractivity contribution in [2.75, 3.05) is 42.1 Å². The van der Waals surface area contributed by atoms with Crippen LogP contribution in [0.15, 0.2) is 42.7 Å². The van der Waals surface area contributed by atoms with Gasteiger partial charge in [-0.1, -0.05) is 20.8 Å². The van der Waals surface area contributed by atoms with E-state index in [2.05, 4.69) is 57.0 Å². The number of nitrogen functional groups attached to an aromatic ring is 1. The first kappa shape index (κ1) is 24.2. The average molecular weight is 477 g/mol. The number of carbonyl (C=O) groups is 1. The van der Waals surface area contributed by atoms with Crippen molar-refractivity contribution in [3.05, 3.63) is 59.7 Å². The number of carbonyl (C=O) groups excluding carboxylic acids is 1. The summed E-state index contributed by atoms with van der Waals surface area (Å²) in [4.78, 5) is 33.9. The second-order valence-corrected chi connectivity index (χ2v) is 9.56. The molecular weight excluding hydrogens is 444 g/mol. The van der Waals surface area contributed by atoms with Crippen LogP contribution in [0.1, 0.15) is 37.7 Å². The van der Waals surface area contributed by atoms with Crippen LogP contribution in [-0.2, 0) is 12.0 Å². The fourth-order valence-corrected chi connectivity index (χ4v) is 3.85. The Bertz CT molecular complexity index is 1190. The molecule has 0 aromatic carbocycles. The highest BCUT2D eigenvalue weighted by molar-refractivity contribution is 5.88. The van der Waals surface area contributed by atoms with Gasteiger partial charge in [0, 0.05) is 44.3 Å². The molecule has 3 aromatic rings. The Hall–Kier alpha value is -3.95. The second kappa shape index (κ2) is 10.1. The zero-order valence-electron chi connectivity index (χ0n) is 20.7. The minimum atomic E-state index is -0.151. The van der Waals surface area contributed by atoms with E-state index in [1.54, 1.807) is 23.4 Å². The molecule has 0 atom stereocenters. The largest absolute Gasteiger partial charge is 0.483 e. The third-order valence-corrected chi connectivity index (χ3v) is 5.78. The molecule has 10 heteroatoms. The number of rotatable bonds is 5. The molecule has 4 heterocycles. The van der Waals surface area contributed by atoms with Crippen molar-refractivity contribution in [3.63, 3.8) is 0 Å². The summed E-state index contributed by atoms with van der Waals surface area (Å²) >= 11 is 0. The van der Waals surface area contributed by atoms with Gasteiger partial charge in [-0.05, 0) is 48.2 Å². The maximum absolute atomic E-state index is 12.9. The minimum Gasteiger partial charge on any atom is -0.483 e. The molecule has 4 rings (SSSR count). The topological polar surface area (TPSA) is 122 Å². The van der Waals surface area contributed by atoms with Crippen molar-refractivity contribution in [3.8, 4) is 5.75 Å². The molecule has 3 aromatic heterocycles. The van der Waals surface area contributed by atoms with Gasteiger partial charge >= 0.3 is 6.03 Å². The van der Waals surface area contributed by atoms with Gasteiger partial charge in [0.1, 0.15) is 12.4 Å². The van der Waals surface area contributed by atoms with Crippen LogP contribution in [-0.4, -0.2) is 57.0 Å². The number of aromatic nitrogens is 4. The molecule has 3 N–H and O–H groups in total. The molecule has 35 heavy (non-hydrogen) atoms. The van der Waals surface area contributed by atoms with E-state index in [1.807, 2.05) is 25.1 Å². The van der Waals surface area contributed by atoms with E-state index in [9.17, 15) is 4.79 Å². The minimum absolute atomic E-state index is 0.0265. The van der Waals surface area contributed by atoms with Crippen molar-refractivity contribution in [2.45, 2.75) is 39.7 Å². The monoisotopic (exact) mass is 476 g/mol. The summed E-state index contributed by atoms with van der Waals surface area (Å²) in [5, 5.41) is 2.97. The molecule has 0 aliphatic carbocycles. The molecule has 1 fully saturated rings. The molecule has 2 amide bonds.